The second-order valence-corrected chi connectivity index (χ2v) is 4.17. The number of ether oxygens (including phenoxy) is 3. The second kappa shape index (κ2) is 3.90. The van der Waals surface area contributed by atoms with Crippen molar-refractivity contribution in [3.63, 3.8) is 0 Å². The molecule has 0 saturated carbocycles. The van der Waals surface area contributed by atoms with Crippen LogP contribution in [0.25, 0.3) is 0 Å². The lowest BCUT2D eigenvalue weighted by Gasteiger charge is -2.14. The summed E-state index contributed by atoms with van der Waals surface area (Å²) in [5, 5.41) is 9.07. The van der Waals surface area contributed by atoms with Gasteiger partial charge in [-0.05, 0) is 17.7 Å². The molecule has 2 aliphatic heterocycles. The van der Waals surface area contributed by atoms with Crippen molar-refractivity contribution in [2.75, 3.05) is 6.79 Å². The van der Waals surface area contributed by atoms with Crippen LogP contribution in [-0.4, -0.2) is 23.8 Å². The predicted octanol–water partition coefficient (Wildman–Crippen LogP) is 1.10. The number of carboxylic acids is 1. The highest BCUT2D eigenvalue weighted by atomic mass is 16.7. The van der Waals surface area contributed by atoms with E-state index in [1.807, 2.05) is 0 Å². The zero-order valence-corrected chi connectivity index (χ0v) is 9.29. The summed E-state index contributed by atoms with van der Waals surface area (Å²) in [4.78, 5) is 22.3. The second-order valence-electron chi connectivity index (χ2n) is 4.17. The lowest BCUT2D eigenvalue weighted by molar-refractivity contribution is -0.144. The highest BCUT2D eigenvalue weighted by Crippen LogP contribution is 2.40. The summed E-state index contributed by atoms with van der Waals surface area (Å²) in [6, 6.07) is 5.02. The van der Waals surface area contributed by atoms with Crippen molar-refractivity contribution in [1.29, 1.82) is 0 Å². The van der Waals surface area contributed by atoms with E-state index in [1.165, 1.54) is 0 Å². The van der Waals surface area contributed by atoms with Gasteiger partial charge in [0.05, 0.1) is 6.42 Å². The van der Waals surface area contributed by atoms with Crippen molar-refractivity contribution in [3.8, 4) is 11.5 Å². The molecule has 1 N–H and O–H groups in total. The Morgan fingerprint density at radius 1 is 1.28 bits per heavy atom. The Morgan fingerprint density at radius 2 is 2.06 bits per heavy atom. The highest BCUT2D eigenvalue weighted by molar-refractivity contribution is 5.82. The van der Waals surface area contributed by atoms with E-state index < -0.39 is 24.0 Å². The molecule has 2 heterocycles. The van der Waals surface area contributed by atoms with E-state index in [1.54, 1.807) is 18.2 Å². The molecule has 94 valence electrons. The SMILES string of the molecule is O=C1C[C@@H](C(=O)O)[C@H](c2ccc3c(c2)OCO3)O1. The van der Waals surface area contributed by atoms with E-state index in [4.69, 9.17) is 19.3 Å². The summed E-state index contributed by atoms with van der Waals surface area (Å²) in [7, 11) is 0. The van der Waals surface area contributed by atoms with Crippen molar-refractivity contribution in [1.82, 2.24) is 0 Å². The van der Waals surface area contributed by atoms with Crippen molar-refractivity contribution < 1.29 is 28.9 Å². The van der Waals surface area contributed by atoms with Crippen LogP contribution in [0.1, 0.15) is 18.1 Å². The van der Waals surface area contributed by atoms with Gasteiger partial charge in [-0.15, -0.1) is 0 Å². The van der Waals surface area contributed by atoms with Crippen molar-refractivity contribution in [2.24, 2.45) is 5.92 Å². The number of benzene rings is 1. The fraction of sp³-hybridized carbons (Fsp3) is 0.333. The monoisotopic (exact) mass is 250 g/mol. The molecule has 2 aliphatic rings. The molecule has 1 saturated heterocycles. The minimum absolute atomic E-state index is 0.103. The number of esters is 1. The lowest BCUT2D eigenvalue weighted by Crippen LogP contribution is -2.17. The number of aliphatic carboxylic acids is 1. The van der Waals surface area contributed by atoms with E-state index in [0.717, 1.165) is 0 Å². The van der Waals surface area contributed by atoms with Crippen molar-refractivity contribution in [3.05, 3.63) is 23.8 Å². The zero-order valence-electron chi connectivity index (χ0n) is 9.29. The molecular weight excluding hydrogens is 240 g/mol. The highest BCUT2D eigenvalue weighted by Gasteiger charge is 2.41. The molecule has 0 radical (unpaired) electrons. The van der Waals surface area contributed by atoms with Crippen LogP contribution in [-0.2, 0) is 14.3 Å². The number of carboxylic acid groups (broad SMARTS) is 1. The van der Waals surface area contributed by atoms with Gasteiger partial charge in [-0.2, -0.15) is 0 Å². The molecule has 0 spiro atoms. The predicted molar refractivity (Wildman–Crippen MR) is 57.1 cm³/mol. The Balaban J connectivity index is 1.94. The maximum absolute atomic E-state index is 11.2. The Morgan fingerprint density at radius 3 is 2.83 bits per heavy atom. The smallest absolute Gasteiger partial charge is 0.311 e. The molecule has 0 amide bonds. The average molecular weight is 250 g/mol. The normalized spacial score (nSPS) is 25.0. The third-order valence-corrected chi connectivity index (χ3v) is 3.05. The van der Waals surface area contributed by atoms with Gasteiger partial charge in [0.2, 0.25) is 6.79 Å². The summed E-state index contributed by atoms with van der Waals surface area (Å²) in [6.07, 6.45) is -0.862. The molecule has 1 aromatic rings. The molecule has 2 atom stereocenters. The van der Waals surface area contributed by atoms with Crippen molar-refractivity contribution >= 4 is 11.9 Å². The first-order valence-electron chi connectivity index (χ1n) is 5.47. The number of hydrogen-bond donors (Lipinski definition) is 1. The van der Waals surface area contributed by atoms with Crippen LogP contribution in [0, 0.1) is 5.92 Å². The first-order valence-corrected chi connectivity index (χ1v) is 5.47. The van der Waals surface area contributed by atoms with E-state index in [2.05, 4.69) is 0 Å². The molecule has 1 aromatic carbocycles. The van der Waals surface area contributed by atoms with Crippen LogP contribution in [0.2, 0.25) is 0 Å². The molecule has 0 aliphatic carbocycles. The van der Waals surface area contributed by atoms with Gasteiger partial charge < -0.3 is 19.3 Å². The van der Waals surface area contributed by atoms with Crippen LogP contribution in [0.5, 0.6) is 11.5 Å². The van der Waals surface area contributed by atoms with Gasteiger partial charge in [0.25, 0.3) is 0 Å². The molecule has 0 bridgehead atoms. The average Bonchev–Trinajstić information content (AvgIpc) is 2.93. The van der Waals surface area contributed by atoms with Crippen LogP contribution in [0.4, 0.5) is 0 Å². The number of carbonyl (C=O) groups is 2. The lowest BCUT2D eigenvalue weighted by atomic mass is 9.95. The Hall–Kier alpha value is -2.24. The summed E-state index contributed by atoms with van der Waals surface area (Å²) in [6.45, 7) is 0.144. The molecule has 0 aromatic heterocycles. The maximum Gasteiger partial charge on any atom is 0.311 e. The van der Waals surface area contributed by atoms with Crippen LogP contribution < -0.4 is 9.47 Å². The van der Waals surface area contributed by atoms with Gasteiger partial charge in [0.1, 0.15) is 12.0 Å². The molecule has 1 fully saturated rings. The van der Waals surface area contributed by atoms with E-state index in [-0.39, 0.29) is 13.2 Å². The first-order chi connectivity index (χ1) is 8.65. The van der Waals surface area contributed by atoms with Gasteiger partial charge in [0, 0.05) is 0 Å². The van der Waals surface area contributed by atoms with Gasteiger partial charge in [0.15, 0.2) is 11.5 Å². The fourth-order valence-corrected chi connectivity index (χ4v) is 2.17. The Kier molecular flexibility index (Phi) is 2.36. The molecule has 18 heavy (non-hydrogen) atoms. The fourth-order valence-electron chi connectivity index (χ4n) is 2.17. The van der Waals surface area contributed by atoms with Crippen LogP contribution in [0.3, 0.4) is 0 Å². The number of hydrogen-bond acceptors (Lipinski definition) is 5. The van der Waals surface area contributed by atoms with E-state index >= 15 is 0 Å². The number of cyclic esters (lactones) is 1. The summed E-state index contributed by atoms with van der Waals surface area (Å²) in [5.41, 5.74) is 0.609. The summed E-state index contributed by atoms with van der Waals surface area (Å²) < 4.78 is 15.4. The third-order valence-electron chi connectivity index (χ3n) is 3.05. The topological polar surface area (TPSA) is 82.1 Å². The number of carbonyl (C=O) groups excluding carboxylic acids is 1. The minimum Gasteiger partial charge on any atom is -0.481 e. The zero-order chi connectivity index (χ0) is 12.7. The van der Waals surface area contributed by atoms with Gasteiger partial charge >= 0.3 is 11.9 Å². The largest absolute Gasteiger partial charge is 0.481 e. The number of fused-ring (bicyclic) bond motifs is 1. The Bertz CT molecular complexity index is 523. The Labute approximate surface area is 102 Å². The number of rotatable bonds is 2. The first kappa shape index (κ1) is 10.9. The summed E-state index contributed by atoms with van der Waals surface area (Å²) in [5.74, 6) is -1.24. The van der Waals surface area contributed by atoms with Gasteiger partial charge in [-0.3, -0.25) is 9.59 Å². The quantitative estimate of drug-likeness (QED) is 0.791. The van der Waals surface area contributed by atoms with Crippen molar-refractivity contribution in [2.45, 2.75) is 12.5 Å². The van der Waals surface area contributed by atoms with E-state index in [9.17, 15) is 9.59 Å². The maximum atomic E-state index is 11.2. The van der Waals surface area contributed by atoms with Gasteiger partial charge in [-0.1, -0.05) is 6.07 Å². The molecule has 3 rings (SSSR count). The third kappa shape index (κ3) is 1.66. The van der Waals surface area contributed by atoms with E-state index in [0.29, 0.717) is 17.1 Å². The minimum atomic E-state index is -1.04. The molecule has 6 heteroatoms. The molecular formula is C12H10O6. The van der Waals surface area contributed by atoms with Gasteiger partial charge in [-0.25, -0.2) is 0 Å². The van der Waals surface area contributed by atoms with Crippen LogP contribution >= 0.6 is 0 Å². The van der Waals surface area contributed by atoms with Crippen LogP contribution in [0.15, 0.2) is 18.2 Å². The standard InChI is InChI=1S/C12H10O6/c13-10-4-7(12(14)15)11(18-10)6-1-2-8-9(3-6)17-5-16-8/h1-3,7,11H,4-5H2,(H,14,15)/t7-,11+/m1/s1. The summed E-state index contributed by atoms with van der Waals surface area (Å²) >= 11 is 0. The molecule has 0 unspecified atom stereocenters. The molecule has 6 nitrogen and oxygen atoms in total.